The number of hydrogen-bond acceptors (Lipinski definition) is 5. The van der Waals surface area contributed by atoms with Crippen LogP contribution in [0, 0.1) is 6.92 Å². The number of imidazole rings is 1. The van der Waals surface area contributed by atoms with Crippen LogP contribution in [0.15, 0.2) is 36.0 Å². The fourth-order valence-electron chi connectivity index (χ4n) is 3.42. The molecule has 0 radical (unpaired) electrons. The van der Waals surface area contributed by atoms with Crippen LogP contribution >= 0.6 is 11.3 Å². The van der Waals surface area contributed by atoms with E-state index >= 15 is 0 Å². The highest BCUT2D eigenvalue weighted by atomic mass is 32.1. The molecule has 0 bridgehead atoms. The molecule has 0 unspecified atom stereocenters. The number of aryl methyl sites for hydroxylation is 1. The largest absolute Gasteiger partial charge is 0.303 e. The Hall–Kier alpha value is -1.76. The van der Waals surface area contributed by atoms with E-state index in [9.17, 15) is 0 Å². The Morgan fingerprint density at radius 1 is 1.08 bits per heavy atom. The van der Waals surface area contributed by atoms with Crippen LogP contribution in [0.4, 0.5) is 0 Å². The number of aromatic nitrogens is 3. The average Bonchev–Trinajstić information content (AvgIpc) is 3.15. The highest BCUT2D eigenvalue weighted by molar-refractivity contribution is 7.09. The van der Waals surface area contributed by atoms with Crippen LogP contribution in [0.2, 0.25) is 0 Å². The molecule has 1 aliphatic heterocycles. The summed E-state index contributed by atoms with van der Waals surface area (Å²) >= 11 is 1.75. The van der Waals surface area contributed by atoms with Gasteiger partial charge < -0.3 is 4.40 Å². The highest BCUT2D eigenvalue weighted by Crippen LogP contribution is 2.14. The van der Waals surface area contributed by atoms with Gasteiger partial charge in [0.15, 0.2) is 0 Å². The van der Waals surface area contributed by atoms with E-state index < -0.39 is 0 Å². The summed E-state index contributed by atoms with van der Waals surface area (Å²) in [6.45, 7) is 8.56. The Labute approximate surface area is 146 Å². The maximum atomic E-state index is 4.60. The molecule has 0 atom stereocenters. The summed E-state index contributed by atoms with van der Waals surface area (Å²) in [5.41, 5.74) is 3.56. The normalized spacial score (nSPS) is 17.4. The first-order chi connectivity index (χ1) is 11.8. The van der Waals surface area contributed by atoms with Crippen LogP contribution in [0.5, 0.6) is 0 Å². The molecular weight excluding hydrogens is 318 g/mol. The van der Waals surface area contributed by atoms with E-state index in [1.165, 1.54) is 17.8 Å². The molecule has 1 aliphatic rings. The third-order valence-electron chi connectivity index (χ3n) is 4.63. The van der Waals surface area contributed by atoms with Gasteiger partial charge in [0, 0.05) is 49.6 Å². The number of nitrogens with zero attached hydrogens (tertiary/aromatic N) is 5. The van der Waals surface area contributed by atoms with Crippen molar-refractivity contribution >= 4 is 17.0 Å². The second-order valence-corrected chi connectivity index (χ2v) is 7.50. The number of hydrogen-bond donors (Lipinski definition) is 0. The Balaban J connectivity index is 1.39. The van der Waals surface area contributed by atoms with Crippen molar-refractivity contribution in [3.63, 3.8) is 0 Å². The standard InChI is InChI=1S/C18H23N5S/c1-15-20-16(14-24-15)12-21-7-3-8-22(11-10-21)13-17-4-2-5-18-19-6-9-23(17)18/h2,4-6,9,14H,3,7-8,10-13H2,1H3. The van der Waals surface area contributed by atoms with Crippen molar-refractivity contribution in [1.29, 1.82) is 0 Å². The smallest absolute Gasteiger partial charge is 0.136 e. The first-order valence-electron chi connectivity index (χ1n) is 8.54. The van der Waals surface area contributed by atoms with Crippen molar-refractivity contribution in [3.05, 3.63) is 52.4 Å². The first-order valence-corrected chi connectivity index (χ1v) is 9.42. The minimum atomic E-state index is 0.981. The topological polar surface area (TPSA) is 36.7 Å². The fourth-order valence-corrected chi connectivity index (χ4v) is 4.02. The molecular formula is C18H23N5S. The molecule has 4 heterocycles. The van der Waals surface area contributed by atoms with Crippen molar-refractivity contribution in [3.8, 4) is 0 Å². The van der Waals surface area contributed by atoms with E-state index in [1.54, 1.807) is 11.3 Å². The van der Waals surface area contributed by atoms with Gasteiger partial charge in [0.2, 0.25) is 0 Å². The number of rotatable bonds is 4. The summed E-state index contributed by atoms with van der Waals surface area (Å²) in [5.74, 6) is 0. The van der Waals surface area contributed by atoms with Crippen molar-refractivity contribution < 1.29 is 0 Å². The van der Waals surface area contributed by atoms with E-state index in [-0.39, 0.29) is 0 Å². The second kappa shape index (κ2) is 7.01. The third-order valence-corrected chi connectivity index (χ3v) is 5.45. The predicted molar refractivity (Wildman–Crippen MR) is 97.2 cm³/mol. The van der Waals surface area contributed by atoms with Crippen LogP contribution in [-0.2, 0) is 13.1 Å². The zero-order valence-corrected chi connectivity index (χ0v) is 14.9. The van der Waals surface area contributed by atoms with Crippen molar-refractivity contribution in [2.75, 3.05) is 26.2 Å². The molecule has 24 heavy (non-hydrogen) atoms. The molecule has 0 amide bonds. The van der Waals surface area contributed by atoms with Crippen molar-refractivity contribution in [2.45, 2.75) is 26.4 Å². The van der Waals surface area contributed by atoms with Crippen LogP contribution in [0.3, 0.4) is 0 Å². The van der Waals surface area contributed by atoms with Gasteiger partial charge in [0.1, 0.15) is 5.65 Å². The molecule has 1 fully saturated rings. The molecule has 6 heteroatoms. The summed E-state index contributed by atoms with van der Waals surface area (Å²) in [4.78, 5) is 14.1. The molecule has 1 saturated heterocycles. The van der Waals surface area contributed by atoms with Gasteiger partial charge in [-0.3, -0.25) is 9.80 Å². The van der Waals surface area contributed by atoms with Crippen LogP contribution in [0.25, 0.3) is 5.65 Å². The monoisotopic (exact) mass is 341 g/mol. The van der Waals surface area contributed by atoms with Gasteiger partial charge in [0.05, 0.1) is 10.7 Å². The number of thiazole rings is 1. The summed E-state index contributed by atoms with van der Waals surface area (Å²) in [6.07, 6.45) is 5.14. The van der Waals surface area contributed by atoms with Gasteiger partial charge in [-0.05, 0) is 38.6 Å². The predicted octanol–water partition coefficient (Wildman–Crippen LogP) is 2.81. The average molecular weight is 341 g/mol. The van der Waals surface area contributed by atoms with E-state index in [1.807, 2.05) is 6.20 Å². The molecule has 3 aromatic heterocycles. The van der Waals surface area contributed by atoms with Gasteiger partial charge in [0.25, 0.3) is 0 Å². The molecule has 126 valence electrons. The number of pyridine rings is 1. The summed E-state index contributed by atoms with van der Waals surface area (Å²) in [5, 5.41) is 3.35. The molecule has 0 aromatic carbocycles. The Morgan fingerprint density at radius 2 is 1.92 bits per heavy atom. The van der Waals surface area contributed by atoms with Gasteiger partial charge in [-0.2, -0.15) is 0 Å². The molecule has 3 aromatic rings. The Morgan fingerprint density at radius 3 is 2.71 bits per heavy atom. The maximum absolute atomic E-state index is 4.60. The van der Waals surface area contributed by atoms with Crippen LogP contribution < -0.4 is 0 Å². The van der Waals surface area contributed by atoms with Crippen molar-refractivity contribution in [1.82, 2.24) is 24.2 Å². The lowest BCUT2D eigenvalue weighted by molar-refractivity contribution is 0.244. The summed E-state index contributed by atoms with van der Waals surface area (Å²) < 4.78 is 2.20. The van der Waals surface area contributed by atoms with E-state index in [4.69, 9.17) is 0 Å². The molecule has 4 rings (SSSR count). The maximum Gasteiger partial charge on any atom is 0.136 e. The lowest BCUT2D eigenvalue weighted by Crippen LogP contribution is -2.30. The SMILES string of the molecule is Cc1nc(CN2CCCN(Cc3cccc4nccn34)CC2)cs1. The second-order valence-electron chi connectivity index (χ2n) is 6.44. The third kappa shape index (κ3) is 3.50. The number of fused-ring (bicyclic) bond motifs is 1. The van der Waals surface area contributed by atoms with Crippen molar-refractivity contribution in [2.24, 2.45) is 0 Å². The molecule has 5 nitrogen and oxygen atoms in total. The van der Waals surface area contributed by atoms with Crippen LogP contribution in [-0.4, -0.2) is 50.3 Å². The minimum absolute atomic E-state index is 0.981. The van der Waals surface area contributed by atoms with Gasteiger partial charge in [-0.15, -0.1) is 11.3 Å². The first kappa shape index (κ1) is 15.7. The highest BCUT2D eigenvalue weighted by Gasteiger charge is 2.16. The minimum Gasteiger partial charge on any atom is -0.303 e. The van der Waals surface area contributed by atoms with Gasteiger partial charge >= 0.3 is 0 Å². The quantitative estimate of drug-likeness (QED) is 0.731. The van der Waals surface area contributed by atoms with Gasteiger partial charge in [-0.25, -0.2) is 9.97 Å². The summed E-state index contributed by atoms with van der Waals surface area (Å²) in [6, 6.07) is 6.37. The molecule has 0 spiro atoms. The zero-order chi connectivity index (χ0) is 16.4. The molecule has 0 N–H and O–H groups in total. The lowest BCUT2D eigenvalue weighted by Gasteiger charge is -2.21. The van der Waals surface area contributed by atoms with Gasteiger partial charge in [-0.1, -0.05) is 6.07 Å². The van der Waals surface area contributed by atoms with Crippen LogP contribution in [0.1, 0.15) is 22.8 Å². The zero-order valence-electron chi connectivity index (χ0n) is 14.1. The molecule has 0 saturated carbocycles. The Bertz CT molecular complexity index is 808. The lowest BCUT2D eigenvalue weighted by atomic mass is 10.3. The van der Waals surface area contributed by atoms with E-state index in [0.717, 1.165) is 49.9 Å². The van der Waals surface area contributed by atoms with E-state index in [0.29, 0.717) is 0 Å². The molecule has 0 aliphatic carbocycles. The Kier molecular flexibility index (Phi) is 4.60. The summed E-state index contributed by atoms with van der Waals surface area (Å²) in [7, 11) is 0. The van der Waals surface area contributed by atoms with E-state index in [2.05, 4.69) is 60.9 Å². The fraction of sp³-hybridized carbons (Fsp3) is 0.444.